The van der Waals surface area contributed by atoms with Gasteiger partial charge >= 0.3 is 10.4 Å². The van der Waals surface area contributed by atoms with E-state index < -0.39 is 30.1 Å². The fourth-order valence-corrected chi connectivity index (χ4v) is 5.93. The van der Waals surface area contributed by atoms with Crippen LogP contribution in [0.15, 0.2) is 117 Å². The lowest BCUT2D eigenvalue weighted by atomic mass is 10.1. The van der Waals surface area contributed by atoms with E-state index in [0.717, 1.165) is 11.1 Å². The van der Waals surface area contributed by atoms with E-state index in [9.17, 15) is 16.8 Å². The Balaban J connectivity index is 0.000000695. The normalized spacial score (nSPS) is 11.9. The van der Waals surface area contributed by atoms with Crippen molar-refractivity contribution in [1.29, 1.82) is 0 Å². The van der Waals surface area contributed by atoms with Gasteiger partial charge in [0.2, 0.25) is 19.7 Å². The zero-order valence-corrected chi connectivity index (χ0v) is 22.5. The highest BCUT2D eigenvalue weighted by Gasteiger charge is 2.19. The molecule has 0 heterocycles. The second-order valence-electron chi connectivity index (χ2n) is 7.41. The van der Waals surface area contributed by atoms with E-state index in [2.05, 4.69) is 0 Å². The molecule has 0 radical (unpaired) electrons. The van der Waals surface area contributed by atoms with E-state index >= 15 is 0 Å². The van der Waals surface area contributed by atoms with Crippen molar-refractivity contribution in [3.8, 4) is 11.1 Å². The molecule has 4 aromatic rings. The summed E-state index contributed by atoms with van der Waals surface area (Å²) in [6.45, 7) is 0. The predicted octanol–water partition coefficient (Wildman–Crippen LogP) is 5.67. The largest absolute Gasteiger partial charge is 0.394 e. The zero-order chi connectivity index (χ0) is 27.4. The zero-order valence-electron chi connectivity index (χ0n) is 18.6. The molecule has 0 aliphatic rings. The molecule has 0 atom stereocenters. The average Bonchev–Trinajstić information content (AvgIpc) is 2.84. The summed E-state index contributed by atoms with van der Waals surface area (Å²) >= 11 is 11.7. The summed E-state index contributed by atoms with van der Waals surface area (Å²) < 4.78 is 82.7. The molecule has 0 unspecified atom stereocenters. The van der Waals surface area contributed by atoms with Crippen molar-refractivity contribution < 1.29 is 34.4 Å². The SMILES string of the molecule is O=S(=O)(O)O.O=S(=O)(c1ccc(Cl)cc1)c1ccc(-c2ccc(S(=O)(=O)c3ccc(Cl)cc3)cc2)cc1. The molecule has 0 saturated carbocycles. The number of halogens is 2. The maximum absolute atomic E-state index is 12.8. The molecule has 0 fully saturated rings. The maximum atomic E-state index is 12.8. The molecule has 2 N–H and O–H groups in total. The third kappa shape index (κ3) is 7.62. The molecule has 0 amide bonds. The molecule has 13 heteroatoms. The van der Waals surface area contributed by atoms with Gasteiger partial charge in [0.25, 0.3) is 0 Å². The van der Waals surface area contributed by atoms with Crippen LogP contribution in [-0.2, 0) is 30.1 Å². The highest BCUT2D eigenvalue weighted by Crippen LogP contribution is 2.28. The number of hydrogen-bond donors (Lipinski definition) is 2. The third-order valence-corrected chi connectivity index (χ3v) is 8.99. The molecule has 0 saturated heterocycles. The van der Waals surface area contributed by atoms with Crippen molar-refractivity contribution in [2.75, 3.05) is 0 Å². The van der Waals surface area contributed by atoms with Gasteiger partial charge < -0.3 is 0 Å². The Kier molecular flexibility index (Phi) is 8.81. The minimum Gasteiger partial charge on any atom is -0.264 e. The number of rotatable bonds is 5. The fourth-order valence-electron chi connectivity index (χ4n) is 3.15. The summed E-state index contributed by atoms with van der Waals surface area (Å²) in [5.74, 6) is 0. The Morgan fingerprint density at radius 1 is 0.405 bits per heavy atom. The van der Waals surface area contributed by atoms with Crippen LogP contribution < -0.4 is 0 Å². The lowest BCUT2D eigenvalue weighted by Crippen LogP contribution is -2.02. The van der Waals surface area contributed by atoms with Crippen molar-refractivity contribution in [3.05, 3.63) is 107 Å². The van der Waals surface area contributed by atoms with Crippen LogP contribution in [0.2, 0.25) is 10.0 Å². The summed E-state index contributed by atoms with van der Waals surface area (Å²) in [6, 6.07) is 24.8. The van der Waals surface area contributed by atoms with Crippen LogP contribution in [0.4, 0.5) is 0 Å². The molecule has 4 aromatic carbocycles. The van der Waals surface area contributed by atoms with Crippen LogP contribution in [0.25, 0.3) is 11.1 Å². The standard InChI is InChI=1S/C24H16Cl2O4S2.H2O4S/c25-19-5-13-23(14-6-19)31(27,28)21-9-1-17(2-10-21)18-3-11-22(12-4-18)32(29,30)24-15-7-20(26)8-16-24;1-5(2,3)4/h1-16H;(H2,1,2,3,4). The number of hydrogen-bond acceptors (Lipinski definition) is 6. The van der Waals surface area contributed by atoms with Gasteiger partial charge in [0.05, 0.1) is 19.6 Å². The molecule has 8 nitrogen and oxygen atoms in total. The van der Waals surface area contributed by atoms with Gasteiger partial charge in [-0.25, -0.2) is 16.8 Å². The molecule has 0 aliphatic carbocycles. The average molecular weight is 602 g/mol. The highest BCUT2D eigenvalue weighted by molar-refractivity contribution is 7.91. The fraction of sp³-hybridized carbons (Fsp3) is 0. The maximum Gasteiger partial charge on any atom is 0.394 e. The first-order valence-electron chi connectivity index (χ1n) is 10.1. The second kappa shape index (κ2) is 11.3. The van der Waals surface area contributed by atoms with Gasteiger partial charge in [-0.05, 0) is 83.9 Å². The first kappa shape index (κ1) is 28.8. The molecule has 0 spiro atoms. The summed E-state index contributed by atoms with van der Waals surface area (Å²) in [7, 11) is -12.0. The summed E-state index contributed by atoms with van der Waals surface area (Å²) in [6.07, 6.45) is 0. The Hall–Kier alpha value is -2.77. The van der Waals surface area contributed by atoms with Gasteiger partial charge in [-0.2, -0.15) is 8.42 Å². The molecular weight excluding hydrogens is 583 g/mol. The lowest BCUT2D eigenvalue weighted by molar-refractivity contribution is 0.381. The molecule has 4 rings (SSSR count). The van der Waals surface area contributed by atoms with E-state index in [4.69, 9.17) is 40.7 Å². The van der Waals surface area contributed by atoms with Gasteiger partial charge in [-0.1, -0.05) is 47.5 Å². The molecule has 37 heavy (non-hydrogen) atoms. The Morgan fingerprint density at radius 3 is 0.811 bits per heavy atom. The highest BCUT2D eigenvalue weighted by atomic mass is 35.5. The number of benzene rings is 4. The second-order valence-corrected chi connectivity index (χ2v) is 13.1. The molecular formula is C24H18Cl2O8S3. The minimum atomic E-state index is -4.67. The van der Waals surface area contributed by atoms with Gasteiger partial charge in [0.1, 0.15) is 0 Å². The van der Waals surface area contributed by atoms with E-state index in [0.29, 0.717) is 10.0 Å². The topological polar surface area (TPSA) is 143 Å². The third-order valence-electron chi connectivity index (χ3n) is 4.91. The summed E-state index contributed by atoms with van der Waals surface area (Å²) in [5, 5.41) is 0.918. The molecule has 0 aliphatic heterocycles. The summed E-state index contributed by atoms with van der Waals surface area (Å²) in [4.78, 5) is 0.633. The smallest absolute Gasteiger partial charge is 0.264 e. The summed E-state index contributed by atoms with van der Waals surface area (Å²) in [5.41, 5.74) is 1.52. The Labute approximate surface area is 224 Å². The van der Waals surface area contributed by atoms with Gasteiger partial charge in [0, 0.05) is 10.0 Å². The van der Waals surface area contributed by atoms with E-state index in [1.54, 1.807) is 24.3 Å². The number of sulfone groups is 2. The van der Waals surface area contributed by atoms with Crippen LogP contribution in [0, 0.1) is 0 Å². The van der Waals surface area contributed by atoms with E-state index in [1.165, 1.54) is 72.8 Å². The van der Waals surface area contributed by atoms with Crippen molar-refractivity contribution in [1.82, 2.24) is 0 Å². The predicted molar refractivity (Wildman–Crippen MR) is 140 cm³/mol. The lowest BCUT2D eigenvalue weighted by Gasteiger charge is -2.08. The van der Waals surface area contributed by atoms with Gasteiger partial charge in [-0.15, -0.1) is 0 Å². The van der Waals surface area contributed by atoms with Crippen LogP contribution in [-0.4, -0.2) is 34.4 Å². The Morgan fingerprint density at radius 2 is 0.595 bits per heavy atom. The molecule has 194 valence electrons. The quantitative estimate of drug-likeness (QED) is 0.279. The monoisotopic (exact) mass is 600 g/mol. The van der Waals surface area contributed by atoms with E-state index in [1.807, 2.05) is 0 Å². The minimum absolute atomic E-state index is 0.158. The van der Waals surface area contributed by atoms with Crippen molar-refractivity contribution in [3.63, 3.8) is 0 Å². The van der Waals surface area contributed by atoms with E-state index in [-0.39, 0.29) is 19.6 Å². The van der Waals surface area contributed by atoms with Crippen LogP contribution in [0.3, 0.4) is 0 Å². The van der Waals surface area contributed by atoms with Crippen molar-refractivity contribution >= 4 is 53.3 Å². The van der Waals surface area contributed by atoms with Crippen LogP contribution in [0.1, 0.15) is 0 Å². The Bertz CT molecular complexity index is 1580. The van der Waals surface area contributed by atoms with Crippen molar-refractivity contribution in [2.45, 2.75) is 19.6 Å². The van der Waals surface area contributed by atoms with Gasteiger partial charge in [-0.3, -0.25) is 9.11 Å². The van der Waals surface area contributed by atoms with Crippen LogP contribution in [0.5, 0.6) is 0 Å². The molecule has 0 bridgehead atoms. The van der Waals surface area contributed by atoms with Gasteiger partial charge in [0.15, 0.2) is 0 Å². The molecule has 0 aromatic heterocycles. The van der Waals surface area contributed by atoms with Crippen LogP contribution >= 0.6 is 23.2 Å². The van der Waals surface area contributed by atoms with Crippen molar-refractivity contribution in [2.24, 2.45) is 0 Å². The first-order valence-corrected chi connectivity index (χ1v) is 15.2. The first-order chi connectivity index (χ1) is 17.2.